The Balaban J connectivity index is 2.85. The van der Waals surface area contributed by atoms with Crippen LogP contribution in [0.25, 0.3) is 0 Å². The molecule has 6 atom stereocenters. The molecule has 0 aromatic rings. The molecule has 0 aliphatic heterocycles. The van der Waals surface area contributed by atoms with E-state index < -0.39 is 0 Å². The summed E-state index contributed by atoms with van der Waals surface area (Å²) in [6, 6.07) is 0. The van der Waals surface area contributed by atoms with E-state index in [1.807, 2.05) is 0 Å². The van der Waals surface area contributed by atoms with E-state index in [0.29, 0.717) is 0 Å². The minimum atomic E-state index is 0.889. The minimum Gasteiger partial charge on any atom is -0.0651 e. The van der Waals surface area contributed by atoms with Gasteiger partial charge in [-0.25, -0.2) is 0 Å². The Bertz CT molecular complexity index is 269. The van der Waals surface area contributed by atoms with Crippen molar-refractivity contribution in [3.8, 4) is 0 Å². The van der Waals surface area contributed by atoms with Crippen LogP contribution in [0.2, 0.25) is 0 Å². The largest absolute Gasteiger partial charge is 0.0651 e. The van der Waals surface area contributed by atoms with Crippen LogP contribution in [-0.4, -0.2) is 0 Å². The Hall–Kier alpha value is 0. The average molecular weight is 309 g/mol. The van der Waals surface area contributed by atoms with Gasteiger partial charge in [-0.05, 0) is 48.3 Å². The van der Waals surface area contributed by atoms with Crippen LogP contribution in [0.5, 0.6) is 0 Å². The van der Waals surface area contributed by atoms with Gasteiger partial charge in [0.25, 0.3) is 0 Å². The van der Waals surface area contributed by atoms with Crippen molar-refractivity contribution in [3.05, 3.63) is 0 Å². The summed E-state index contributed by atoms with van der Waals surface area (Å²) >= 11 is 0. The zero-order chi connectivity index (χ0) is 16.5. The van der Waals surface area contributed by atoms with E-state index >= 15 is 0 Å². The second-order valence-corrected chi connectivity index (χ2v) is 8.63. The lowest BCUT2D eigenvalue weighted by Crippen LogP contribution is -2.30. The fourth-order valence-corrected chi connectivity index (χ4v) is 4.71. The smallest absolute Gasteiger partial charge is 0.0355 e. The summed E-state index contributed by atoms with van der Waals surface area (Å²) in [6.45, 7) is 14.9. The van der Waals surface area contributed by atoms with Gasteiger partial charge in [0.1, 0.15) is 0 Å². The zero-order valence-corrected chi connectivity index (χ0v) is 16.5. The number of hydrogen-bond acceptors (Lipinski definition) is 0. The molecular formula is C22H44. The Morgan fingerprint density at radius 1 is 0.773 bits per heavy atom. The summed E-state index contributed by atoms with van der Waals surface area (Å²) in [6.07, 6.45) is 14.6. The van der Waals surface area contributed by atoms with E-state index in [1.165, 1.54) is 64.2 Å². The summed E-state index contributed by atoms with van der Waals surface area (Å²) in [4.78, 5) is 0. The van der Waals surface area contributed by atoms with Crippen LogP contribution in [0, 0.1) is 35.5 Å². The van der Waals surface area contributed by atoms with E-state index in [1.54, 1.807) is 0 Å². The van der Waals surface area contributed by atoms with E-state index in [-0.39, 0.29) is 0 Å². The zero-order valence-electron chi connectivity index (χ0n) is 16.5. The highest BCUT2D eigenvalue weighted by molar-refractivity contribution is 4.82. The molecule has 0 saturated heterocycles. The van der Waals surface area contributed by atoms with E-state index in [4.69, 9.17) is 0 Å². The quantitative estimate of drug-likeness (QED) is 0.471. The molecular weight excluding hydrogens is 264 g/mol. The van der Waals surface area contributed by atoms with Crippen molar-refractivity contribution in [2.45, 2.75) is 106 Å². The van der Waals surface area contributed by atoms with Crippen molar-refractivity contribution < 1.29 is 0 Å². The predicted molar refractivity (Wildman–Crippen MR) is 101 cm³/mol. The Morgan fingerprint density at radius 2 is 1.36 bits per heavy atom. The van der Waals surface area contributed by atoms with Crippen LogP contribution in [0.1, 0.15) is 106 Å². The number of rotatable bonds is 6. The van der Waals surface area contributed by atoms with Gasteiger partial charge >= 0.3 is 0 Å². The van der Waals surface area contributed by atoms with Gasteiger partial charge < -0.3 is 0 Å². The van der Waals surface area contributed by atoms with Gasteiger partial charge in [-0.1, -0.05) is 92.9 Å². The maximum absolute atomic E-state index is 2.57. The molecule has 0 heteroatoms. The molecule has 0 nitrogen and oxygen atoms in total. The van der Waals surface area contributed by atoms with Crippen molar-refractivity contribution >= 4 is 0 Å². The Kier molecular flexibility index (Phi) is 9.76. The SMILES string of the molecule is CCC(C)C(C)CC1C(C)CCCCCCCC1C(C)CC. The first-order valence-electron chi connectivity index (χ1n) is 10.5. The van der Waals surface area contributed by atoms with Crippen LogP contribution in [0.15, 0.2) is 0 Å². The molecule has 1 aliphatic carbocycles. The molecule has 1 rings (SSSR count). The first-order valence-corrected chi connectivity index (χ1v) is 10.5. The monoisotopic (exact) mass is 308 g/mol. The molecule has 0 radical (unpaired) electrons. The third-order valence-electron chi connectivity index (χ3n) is 7.11. The first-order chi connectivity index (χ1) is 10.5. The third kappa shape index (κ3) is 6.25. The fourth-order valence-electron chi connectivity index (χ4n) is 4.71. The summed E-state index contributed by atoms with van der Waals surface area (Å²) in [7, 11) is 0. The summed E-state index contributed by atoms with van der Waals surface area (Å²) < 4.78 is 0. The van der Waals surface area contributed by atoms with Gasteiger partial charge in [0.15, 0.2) is 0 Å². The first kappa shape index (κ1) is 20.0. The minimum absolute atomic E-state index is 0.889. The third-order valence-corrected chi connectivity index (χ3v) is 7.11. The summed E-state index contributed by atoms with van der Waals surface area (Å²) in [5.74, 6) is 5.58. The van der Waals surface area contributed by atoms with E-state index in [2.05, 4.69) is 41.5 Å². The highest BCUT2D eigenvalue weighted by atomic mass is 14.4. The highest BCUT2D eigenvalue weighted by Gasteiger charge is 2.32. The molecule has 0 bridgehead atoms. The lowest BCUT2D eigenvalue weighted by atomic mass is 9.67. The number of hydrogen-bond donors (Lipinski definition) is 0. The van der Waals surface area contributed by atoms with Crippen molar-refractivity contribution in [2.75, 3.05) is 0 Å². The van der Waals surface area contributed by atoms with Crippen LogP contribution in [-0.2, 0) is 0 Å². The molecule has 0 aromatic heterocycles. The Morgan fingerprint density at radius 3 is 1.95 bits per heavy atom. The molecule has 22 heavy (non-hydrogen) atoms. The second-order valence-electron chi connectivity index (χ2n) is 8.63. The average Bonchev–Trinajstić information content (AvgIpc) is 2.53. The second kappa shape index (κ2) is 10.7. The molecule has 0 heterocycles. The van der Waals surface area contributed by atoms with Gasteiger partial charge in [-0.2, -0.15) is 0 Å². The molecule has 1 aliphatic rings. The topological polar surface area (TPSA) is 0 Å². The Labute approximate surface area is 141 Å². The van der Waals surface area contributed by atoms with E-state index in [0.717, 1.165) is 35.5 Å². The summed E-state index contributed by atoms with van der Waals surface area (Å²) in [5.41, 5.74) is 0. The van der Waals surface area contributed by atoms with Crippen LogP contribution < -0.4 is 0 Å². The van der Waals surface area contributed by atoms with Crippen LogP contribution >= 0.6 is 0 Å². The predicted octanol–water partition coefficient (Wildman–Crippen LogP) is 7.72. The molecule has 6 unspecified atom stereocenters. The van der Waals surface area contributed by atoms with Crippen molar-refractivity contribution in [1.29, 1.82) is 0 Å². The van der Waals surface area contributed by atoms with Gasteiger partial charge in [0, 0.05) is 0 Å². The van der Waals surface area contributed by atoms with Crippen LogP contribution in [0.3, 0.4) is 0 Å². The van der Waals surface area contributed by atoms with Crippen molar-refractivity contribution in [1.82, 2.24) is 0 Å². The highest BCUT2D eigenvalue weighted by Crippen LogP contribution is 2.41. The van der Waals surface area contributed by atoms with Crippen molar-refractivity contribution in [2.24, 2.45) is 35.5 Å². The standard InChI is InChI=1S/C22H44/c1-7-17(3)20(6)16-22-19(5)14-12-10-9-11-13-15-21(22)18(4)8-2/h17-22H,7-16H2,1-6H3. The van der Waals surface area contributed by atoms with Gasteiger partial charge in [0.2, 0.25) is 0 Å². The van der Waals surface area contributed by atoms with Gasteiger partial charge in [-0.3, -0.25) is 0 Å². The molecule has 0 aromatic carbocycles. The lowest BCUT2D eigenvalue weighted by Gasteiger charge is -2.39. The van der Waals surface area contributed by atoms with E-state index in [9.17, 15) is 0 Å². The molecule has 1 saturated carbocycles. The maximum Gasteiger partial charge on any atom is -0.0355 e. The molecule has 0 spiro atoms. The molecule has 132 valence electrons. The molecule has 0 amide bonds. The molecule has 1 fully saturated rings. The maximum atomic E-state index is 2.57. The normalized spacial score (nSPS) is 32.2. The van der Waals surface area contributed by atoms with Crippen LogP contribution in [0.4, 0.5) is 0 Å². The fraction of sp³-hybridized carbons (Fsp3) is 1.00. The summed E-state index contributed by atoms with van der Waals surface area (Å²) in [5, 5.41) is 0. The lowest BCUT2D eigenvalue weighted by molar-refractivity contribution is 0.111. The van der Waals surface area contributed by atoms with Gasteiger partial charge in [-0.15, -0.1) is 0 Å². The van der Waals surface area contributed by atoms with Crippen molar-refractivity contribution in [3.63, 3.8) is 0 Å². The molecule has 0 N–H and O–H groups in total. The van der Waals surface area contributed by atoms with Gasteiger partial charge in [0.05, 0.1) is 0 Å².